The third-order valence-electron chi connectivity index (χ3n) is 5.37. The van der Waals surface area contributed by atoms with Gasteiger partial charge < -0.3 is 19.5 Å². The lowest BCUT2D eigenvalue weighted by molar-refractivity contribution is -0.385. The number of fused-ring (bicyclic) bond motifs is 1. The number of ether oxygens (including phenoxy) is 1. The third-order valence-corrected chi connectivity index (χ3v) is 5.37. The molecule has 1 saturated heterocycles. The highest BCUT2D eigenvalue weighted by molar-refractivity contribution is 5.95. The number of hydrogen-bond acceptors (Lipinski definition) is 8. The fourth-order valence-corrected chi connectivity index (χ4v) is 3.73. The smallest absolute Gasteiger partial charge is 0.311 e. The Morgan fingerprint density at radius 3 is 2.59 bits per heavy atom. The Morgan fingerprint density at radius 2 is 1.88 bits per heavy atom. The van der Waals surface area contributed by atoms with Crippen LogP contribution in [0.15, 0.2) is 36.4 Å². The lowest BCUT2D eigenvalue weighted by Crippen LogP contribution is -2.35. The van der Waals surface area contributed by atoms with Crippen molar-refractivity contribution in [3.63, 3.8) is 0 Å². The second-order valence-corrected chi connectivity index (χ2v) is 7.30. The molecule has 2 heterocycles. The maximum Gasteiger partial charge on any atom is 0.311 e. The summed E-state index contributed by atoms with van der Waals surface area (Å²) in [5, 5.41) is 22.3. The molecular formula is C20H20N6O6. The van der Waals surface area contributed by atoms with Crippen molar-refractivity contribution in [2.45, 2.75) is 6.42 Å². The summed E-state index contributed by atoms with van der Waals surface area (Å²) in [7, 11) is 1.34. The van der Waals surface area contributed by atoms with Crippen molar-refractivity contribution < 1.29 is 19.4 Å². The van der Waals surface area contributed by atoms with E-state index in [9.17, 15) is 25.0 Å². The lowest BCUT2D eigenvalue weighted by atomic mass is 10.1. The second kappa shape index (κ2) is 8.49. The highest BCUT2D eigenvalue weighted by Gasteiger charge is 2.25. The van der Waals surface area contributed by atoms with E-state index >= 15 is 0 Å². The predicted molar refractivity (Wildman–Crippen MR) is 115 cm³/mol. The van der Waals surface area contributed by atoms with E-state index in [0.29, 0.717) is 49.6 Å². The summed E-state index contributed by atoms with van der Waals surface area (Å²) in [6, 6.07) is 8.61. The van der Waals surface area contributed by atoms with E-state index in [2.05, 4.69) is 9.97 Å². The van der Waals surface area contributed by atoms with E-state index in [4.69, 9.17) is 4.74 Å². The number of carbonyl (C=O) groups excluding carboxylic acids is 1. The topological polar surface area (TPSA) is 148 Å². The summed E-state index contributed by atoms with van der Waals surface area (Å²) in [5.41, 5.74) is 1.13. The van der Waals surface area contributed by atoms with Gasteiger partial charge >= 0.3 is 5.69 Å². The predicted octanol–water partition coefficient (Wildman–Crippen LogP) is 2.74. The number of anilines is 1. The number of nitro benzene ring substituents is 2. The van der Waals surface area contributed by atoms with Crippen LogP contribution in [0, 0.1) is 20.2 Å². The van der Waals surface area contributed by atoms with Crippen LogP contribution in [0.1, 0.15) is 16.8 Å². The molecule has 1 aliphatic heterocycles. The van der Waals surface area contributed by atoms with Gasteiger partial charge in [0.1, 0.15) is 0 Å². The van der Waals surface area contributed by atoms with E-state index < -0.39 is 9.85 Å². The SMILES string of the molecule is COc1ccc(C(=O)N2CCCN(c3nc4ccc([N+](=O)[O-])cc4[nH]3)CC2)cc1[N+](=O)[O-]. The molecule has 0 spiro atoms. The third kappa shape index (κ3) is 4.02. The molecule has 4 rings (SSSR count). The van der Waals surface area contributed by atoms with Crippen LogP contribution in [0.25, 0.3) is 11.0 Å². The molecule has 1 aliphatic rings. The zero-order chi connectivity index (χ0) is 22.8. The Balaban J connectivity index is 1.50. The lowest BCUT2D eigenvalue weighted by Gasteiger charge is -2.22. The van der Waals surface area contributed by atoms with E-state index in [-0.39, 0.29) is 28.6 Å². The van der Waals surface area contributed by atoms with E-state index in [1.54, 1.807) is 11.0 Å². The van der Waals surface area contributed by atoms with Crippen molar-refractivity contribution in [2.75, 3.05) is 38.2 Å². The van der Waals surface area contributed by atoms with Crippen molar-refractivity contribution in [3.05, 3.63) is 62.2 Å². The first-order valence-electron chi connectivity index (χ1n) is 9.88. The Kier molecular flexibility index (Phi) is 5.58. The number of benzene rings is 2. The molecule has 1 N–H and O–H groups in total. The van der Waals surface area contributed by atoms with Gasteiger partial charge in [-0.25, -0.2) is 4.98 Å². The van der Waals surface area contributed by atoms with Crippen LogP contribution in [0.4, 0.5) is 17.3 Å². The van der Waals surface area contributed by atoms with Crippen LogP contribution < -0.4 is 9.64 Å². The number of imidazole rings is 1. The summed E-state index contributed by atoms with van der Waals surface area (Å²) in [5.74, 6) is 0.381. The van der Waals surface area contributed by atoms with Crippen molar-refractivity contribution in [3.8, 4) is 5.75 Å². The number of non-ortho nitro benzene ring substituents is 1. The van der Waals surface area contributed by atoms with Gasteiger partial charge in [-0.15, -0.1) is 0 Å². The van der Waals surface area contributed by atoms with Crippen molar-refractivity contribution in [1.82, 2.24) is 14.9 Å². The number of nitro groups is 2. The molecule has 0 aliphatic carbocycles. The maximum absolute atomic E-state index is 13.0. The Labute approximate surface area is 181 Å². The van der Waals surface area contributed by atoms with Crippen molar-refractivity contribution >= 4 is 34.3 Å². The molecule has 0 radical (unpaired) electrons. The number of hydrogen-bond donors (Lipinski definition) is 1. The number of H-pyrrole nitrogens is 1. The second-order valence-electron chi connectivity index (χ2n) is 7.30. The monoisotopic (exact) mass is 440 g/mol. The summed E-state index contributed by atoms with van der Waals surface area (Å²) in [4.78, 5) is 45.4. The van der Waals surface area contributed by atoms with Crippen LogP contribution in [0.2, 0.25) is 0 Å². The first kappa shape index (κ1) is 21.0. The first-order valence-corrected chi connectivity index (χ1v) is 9.88. The molecule has 0 unspecified atom stereocenters. The molecule has 0 bridgehead atoms. The number of methoxy groups -OCH3 is 1. The average Bonchev–Trinajstić information content (AvgIpc) is 3.06. The van der Waals surface area contributed by atoms with Gasteiger partial charge in [0.25, 0.3) is 11.6 Å². The molecule has 32 heavy (non-hydrogen) atoms. The molecule has 12 nitrogen and oxygen atoms in total. The highest BCUT2D eigenvalue weighted by atomic mass is 16.6. The summed E-state index contributed by atoms with van der Waals surface area (Å²) in [6.07, 6.45) is 0.668. The van der Waals surface area contributed by atoms with E-state index in [0.717, 1.165) is 0 Å². The van der Waals surface area contributed by atoms with Crippen molar-refractivity contribution in [1.29, 1.82) is 0 Å². The molecule has 0 atom stereocenters. The van der Waals surface area contributed by atoms with Gasteiger partial charge in [-0.3, -0.25) is 25.0 Å². The number of aromatic nitrogens is 2. The van der Waals surface area contributed by atoms with E-state index in [1.807, 2.05) is 4.90 Å². The molecular weight excluding hydrogens is 420 g/mol. The number of aromatic amines is 1. The van der Waals surface area contributed by atoms with Crippen LogP contribution in [0.5, 0.6) is 5.75 Å². The molecule has 12 heteroatoms. The Morgan fingerprint density at radius 1 is 1.06 bits per heavy atom. The highest BCUT2D eigenvalue weighted by Crippen LogP contribution is 2.28. The first-order chi connectivity index (χ1) is 15.4. The summed E-state index contributed by atoms with van der Waals surface area (Å²) >= 11 is 0. The van der Waals surface area contributed by atoms with Crippen LogP contribution in [-0.4, -0.2) is 63.9 Å². The summed E-state index contributed by atoms with van der Waals surface area (Å²) in [6.45, 7) is 2.01. The average molecular weight is 440 g/mol. The van der Waals surface area contributed by atoms with Gasteiger partial charge in [-0.2, -0.15) is 0 Å². The van der Waals surface area contributed by atoms with Crippen molar-refractivity contribution in [2.24, 2.45) is 0 Å². The Hall–Kier alpha value is -4.22. The summed E-state index contributed by atoms with van der Waals surface area (Å²) < 4.78 is 4.99. The molecule has 0 saturated carbocycles. The van der Waals surface area contributed by atoms with Gasteiger partial charge in [-0.1, -0.05) is 0 Å². The molecule has 166 valence electrons. The minimum absolute atomic E-state index is 0.0195. The standard InChI is InChI=1S/C20H20N6O6/c1-32-18-6-3-13(11-17(18)26(30)31)19(27)23-7-2-8-24(10-9-23)20-21-15-5-4-14(25(28)29)12-16(15)22-20/h3-6,11-12H,2,7-10H2,1H3,(H,21,22). The van der Waals surface area contributed by atoms with Gasteiger partial charge in [0.05, 0.1) is 28.0 Å². The van der Waals surface area contributed by atoms with Crippen LogP contribution in [-0.2, 0) is 0 Å². The van der Waals surface area contributed by atoms with E-state index in [1.165, 1.54) is 37.4 Å². The van der Waals surface area contributed by atoms with Gasteiger partial charge in [0.15, 0.2) is 5.75 Å². The minimum atomic E-state index is -0.578. The number of carbonyl (C=O) groups is 1. The number of amides is 1. The number of rotatable bonds is 5. The zero-order valence-electron chi connectivity index (χ0n) is 17.2. The quantitative estimate of drug-likeness (QED) is 0.470. The molecule has 1 fully saturated rings. The van der Waals surface area contributed by atoms with Gasteiger partial charge in [0.2, 0.25) is 5.95 Å². The fourth-order valence-electron chi connectivity index (χ4n) is 3.73. The van der Waals surface area contributed by atoms with Gasteiger partial charge in [0, 0.05) is 49.9 Å². The zero-order valence-corrected chi connectivity index (χ0v) is 17.2. The minimum Gasteiger partial charge on any atom is -0.490 e. The number of nitrogens with one attached hydrogen (secondary N) is 1. The maximum atomic E-state index is 13.0. The molecule has 3 aromatic rings. The molecule has 2 aromatic carbocycles. The molecule has 1 aromatic heterocycles. The normalized spacial score (nSPS) is 14.3. The Bertz CT molecular complexity index is 1210. The van der Waals surface area contributed by atoms with Gasteiger partial charge in [-0.05, 0) is 24.6 Å². The fraction of sp³-hybridized carbons (Fsp3) is 0.300. The number of nitrogens with zero attached hydrogens (tertiary/aromatic N) is 5. The van der Waals surface area contributed by atoms with Crippen LogP contribution in [0.3, 0.4) is 0 Å². The van der Waals surface area contributed by atoms with Crippen LogP contribution >= 0.6 is 0 Å². The largest absolute Gasteiger partial charge is 0.490 e. The molecule has 1 amide bonds.